The fraction of sp³-hybridized carbons (Fsp3) is 0.769. The molecule has 0 bridgehead atoms. The van der Waals surface area contributed by atoms with Crippen molar-refractivity contribution < 1.29 is 14.3 Å². The minimum atomic E-state index is 0.174. The number of rotatable bonds is 11. The average Bonchev–Trinajstić information content (AvgIpc) is 2.31. The Labute approximate surface area is 98.8 Å². The smallest absolute Gasteiger partial charge is 0.189 e. The third kappa shape index (κ3) is 9.71. The maximum Gasteiger partial charge on any atom is 0.189 e. The van der Waals surface area contributed by atoms with Crippen molar-refractivity contribution in [3.63, 3.8) is 0 Å². The van der Waals surface area contributed by atoms with E-state index in [0.29, 0.717) is 12.4 Å². The SMILES string of the molecule is CCCCCC/C=C(\C=O)OCOCCC. The van der Waals surface area contributed by atoms with Crippen molar-refractivity contribution in [3.05, 3.63) is 11.8 Å². The highest BCUT2D eigenvalue weighted by molar-refractivity contribution is 5.69. The Bertz CT molecular complexity index is 188. The second-order valence-corrected chi connectivity index (χ2v) is 3.74. The standard InChI is InChI=1S/C13H24O3/c1-3-5-6-7-8-9-13(11-14)16-12-15-10-4-2/h9,11H,3-8,10,12H2,1-2H3/b13-9+. The van der Waals surface area contributed by atoms with Gasteiger partial charge in [-0.1, -0.05) is 33.1 Å². The van der Waals surface area contributed by atoms with Gasteiger partial charge in [0.25, 0.3) is 0 Å². The van der Waals surface area contributed by atoms with E-state index in [9.17, 15) is 4.79 Å². The number of carbonyl (C=O) groups is 1. The van der Waals surface area contributed by atoms with Crippen LogP contribution in [0.1, 0.15) is 52.4 Å². The van der Waals surface area contributed by atoms with Gasteiger partial charge in [-0.3, -0.25) is 4.79 Å². The minimum absolute atomic E-state index is 0.174. The van der Waals surface area contributed by atoms with Gasteiger partial charge in [-0.25, -0.2) is 0 Å². The predicted molar refractivity (Wildman–Crippen MR) is 65.1 cm³/mol. The summed E-state index contributed by atoms with van der Waals surface area (Å²) in [5.74, 6) is 0.396. The first-order chi connectivity index (χ1) is 7.85. The summed E-state index contributed by atoms with van der Waals surface area (Å²) in [6, 6.07) is 0. The summed E-state index contributed by atoms with van der Waals surface area (Å²) in [6.07, 6.45) is 9.27. The molecule has 0 atom stereocenters. The van der Waals surface area contributed by atoms with Crippen molar-refractivity contribution in [2.24, 2.45) is 0 Å². The van der Waals surface area contributed by atoms with E-state index in [1.807, 2.05) is 13.0 Å². The zero-order valence-corrected chi connectivity index (χ0v) is 10.5. The van der Waals surface area contributed by atoms with Crippen LogP contribution in [0.5, 0.6) is 0 Å². The number of hydrogen-bond acceptors (Lipinski definition) is 3. The van der Waals surface area contributed by atoms with E-state index in [1.54, 1.807) is 0 Å². The topological polar surface area (TPSA) is 35.5 Å². The molecule has 0 amide bonds. The van der Waals surface area contributed by atoms with Crippen LogP contribution in [0, 0.1) is 0 Å². The molecule has 94 valence electrons. The minimum Gasteiger partial charge on any atom is -0.464 e. The predicted octanol–water partition coefficient (Wildman–Crippen LogP) is 3.44. The summed E-state index contributed by atoms with van der Waals surface area (Å²) in [6.45, 7) is 5.06. The van der Waals surface area contributed by atoms with Crippen LogP contribution >= 0.6 is 0 Å². The fourth-order valence-corrected chi connectivity index (χ4v) is 1.27. The summed E-state index contributed by atoms with van der Waals surface area (Å²) < 4.78 is 10.3. The summed E-state index contributed by atoms with van der Waals surface area (Å²) in [7, 11) is 0. The first-order valence-corrected chi connectivity index (χ1v) is 6.21. The van der Waals surface area contributed by atoms with Gasteiger partial charge in [0.15, 0.2) is 18.8 Å². The van der Waals surface area contributed by atoms with Crippen molar-refractivity contribution in [2.75, 3.05) is 13.4 Å². The quantitative estimate of drug-likeness (QED) is 0.179. The lowest BCUT2D eigenvalue weighted by atomic mass is 10.1. The number of aldehydes is 1. The molecular weight excluding hydrogens is 204 g/mol. The number of carbonyl (C=O) groups excluding carboxylic acids is 1. The molecule has 0 unspecified atom stereocenters. The molecule has 0 aromatic heterocycles. The lowest BCUT2D eigenvalue weighted by Gasteiger charge is -2.05. The van der Waals surface area contributed by atoms with Crippen LogP contribution in [-0.2, 0) is 14.3 Å². The molecule has 0 saturated carbocycles. The van der Waals surface area contributed by atoms with Crippen molar-refractivity contribution in [1.82, 2.24) is 0 Å². The highest BCUT2D eigenvalue weighted by Gasteiger charge is 1.95. The lowest BCUT2D eigenvalue weighted by molar-refractivity contribution is -0.111. The van der Waals surface area contributed by atoms with Crippen molar-refractivity contribution >= 4 is 6.29 Å². The molecule has 0 aliphatic carbocycles. The Morgan fingerprint density at radius 2 is 1.94 bits per heavy atom. The Morgan fingerprint density at radius 1 is 1.12 bits per heavy atom. The van der Waals surface area contributed by atoms with Crippen LogP contribution in [0.15, 0.2) is 11.8 Å². The second-order valence-electron chi connectivity index (χ2n) is 3.74. The molecule has 0 spiro atoms. The lowest BCUT2D eigenvalue weighted by Crippen LogP contribution is -2.01. The highest BCUT2D eigenvalue weighted by atomic mass is 16.7. The van der Waals surface area contributed by atoms with Gasteiger partial charge in [-0.2, -0.15) is 0 Å². The van der Waals surface area contributed by atoms with E-state index >= 15 is 0 Å². The molecule has 0 N–H and O–H groups in total. The summed E-state index contributed by atoms with van der Waals surface area (Å²) in [5.41, 5.74) is 0. The van der Waals surface area contributed by atoms with E-state index in [1.165, 1.54) is 19.3 Å². The third-order valence-electron chi connectivity index (χ3n) is 2.18. The monoisotopic (exact) mass is 228 g/mol. The van der Waals surface area contributed by atoms with E-state index in [4.69, 9.17) is 9.47 Å². The van der Waals surface area contributed by atoms with E-state index in [0.717, 1.165) is 25.5 Å². The second kappa shape index (κ2) is 12.2. The van der Waals surface area contributed by atoms with Crippen LogP contribution in [0.3, 0.4) is 0 Å². The van der Waals surface area contributed by atoms with Gasteiger partial charge in [0.05, 0.1) is 6.61 Å². The maximum absolute atomic E-state index is 10.6. The van der Waals surface area contributed by atoms with E-state index in [-0.39, 0.29) is 6.79 Å². The highest BCUT2D eigenvalue weighted by Crippen LogP contribution is 2.05. The van der Waals surface area contributed by atoms with Gasteiger partial charge >= 0.3 is 0 Å². The molecule has 0 aromatic rings. The molecule has 0 saturated heterocycles. The molecule has 0 rings (SSSR count). The number of hydrogen-bond donors (Lipinski definition) is 0. The van der Waals surface area contributed by atoms with Crippen LogP contribution in [-0.4, -0.2) is 19.7 Å². The largest absolute Gasteiger partial charge is 0.464 e. The van der Waals surface area contributed by atoms with Crippen molar-refractivity contribution in [2.45, 2.75) is 52.4 Å². The summed E-state index contributed by atoms with van der Waals surface area (Å²) >= 11 is 0. The third-order valence-corrected chi connectivity index (χ3v) is 2.18. The van der Waals surface area contributed by atoms with Crippen LogP contribution < -0.4 is 0 Å². The van der Waals surface area contributed by atoms with E-state index < -0.39 is 0 Å². The maximum atomic E-state index is 10.6. The van der Waals surface area contributed by atoms with Crippen molar-refractivity contribution in [1.29, 1.82) is 0 Å². The molecule has 0 fully saturated rings. The van der Waals surface area contributed by atoms with Gasteiger partial charge in [-0.05, 0) is 25.3 Å². The zero-order chi connectivity index (χ0) is 12.1. The number of ether oxygens (including phenoxy) is 2. The van der Waals surface area contributed by atoms with Crippen molar-refractivity contribution in [3.8, 4) is 0 Å². The van der Waals surface area contributed by atoms with Gasteiger partial charge in [0, 0.05) is 0 Å². The average molecular weight is 228 g/mol. The molecule has 0 aliphatic heterocycles. The van der Waals surface area contributed by atoms with Gasteiger partial charge in [0.1, 0.15) is 0 Å². The van der Waals surface area contributed by atoms with Gasteiger partial charge in [-0.15, -0.1) is 0 Å². The molecule has 3 heteroatoms. The van der Waals surface area contributed by atoms with E-state index in [2.05, 4.69) is 6.92 Å². The van der Waals surface area contributed by atoms with Crippen LogP contribution in [0.2, 0.25) is 0 Å². The fourth-order valence-electron chi connectivity index (χ4n) is 1.27. The van der Waals surface area contributed by atoms with Gasteiger partial charge in [0.2, 0.25) is 0 Å². The Kier molecular flexibility index (Phi) is 11.6. The van der Waals surface area contributed by atoms with Crippen LogP contribution in [0.4, 0.5) is 0 Å². The Morgan fingerprint density at radius 3 is 2.56 bits per heavy atom. The molecular formula is C13H24O3. The summed E-state index contributed by atoms with van der Waals surface area (Å²) in [4.78, 5) is 10.6. The van der Waals surface area contributed by atoms with Crippen LogP contribution in [0.25, 0.3) is 0 Å². The normalized spacial score (nSPS) is 11.5. The molecule has 3 nitrogen and oxygen atoms in total. The molecule has 0 radical (unpaired) electrons. The Balaban J connectivity index is 3.54. The first-order valence-electron chi connectivity index (χ1n) is 6.21. The molecule has 0 heterocycles. The number of allylic oxidation sites excluding steroid dienone is 2. The van der Waals surface area contributed by atoms with Gasteiger partial charge < -0.3 is 9.47 Å². The first kappa shape index (κ1) is 15.2. The zero-order valence-electron chi connectivity index (χ0n) is 10.5. The summed E-state index contributed by atoms with van der Waals surface area (Å²) in [5, 5.41) is 0. The molecule has 16 heavy (non-hydrogen) atoms. The molecule has 0 aromatic carbocycles. The number of unbranched alkanes of at least 4 members (excludes halogenated alkanes) is 4. The molecule has 0 aliphatic rings. The Hall–Kier alpha value is -0.830.